The van der Waals surface area contributed by atoms with Crippen molar-refractivity contribution in [1.82, 2.24) is 10.3 Å². The van der Waals surface area contributed by atoms with Crippen molar-refractivity contribution < 1.29 is 18.8 Å². The van der Waals surface area contributed by atoms with Crippen LogP contribution >= 0.6 is 12.2 Å². The number of pyridine rings is 1. The SMILES string of the molecule is O=[N+]([O-])c1ccc(-c2ccc(C3C(c4ccccn4)NC(=S)N3c3ccc4c(c3)OCO4)o2)cc1. The van der Waals surface area contributed by atoms with E-state index in [1.165, 1.54) is 12.1 Å². The Kier molecular flexibility index (Phi) is 5.07. The number of aromatic nitrogens is 1. The second-order valence-corrected chi connectivity index (χ2v) is 8.43. The topological polar surface area (TPSA) is 103 Å². The molecule has 0 spiro atoms. The van der Waals surface area contributed by atoms with Crippen molar-refractivity contribution in [2.75, 3.05) is 11.7 Å². The average Bonchev–Trinajstić information content (AvgIpc) is 3.62. The number of nitrogens with zero attached hydrogens (tertiary/aromatic N) is 3. The van der Waals surface area contributed by atoms with Gasteiger partial charge in [0, 0.05) is 35.6 Å². The quantitative estimate of drug-likeness (QED) is 0.233. The Balaban J connectivity index is 1.41. The second kappa shape index (κ2) is 8.41. The van der Waals surface area contributed by atoms with Gasteiger partial charge in [0.25, 0.3) is 5.69 Å². The summed E-state index contributed by atoms with van der Waals surface area (Å²) >= 11 is 5.75. The van der Waals surface area contributed by atoms with Gasteiger partial charge in [-0.15, -0.1) is 0 Å². The molecule has 2 unspecified atom stereocenters. The summed E-state index contributed by atoms with van der Waals surface area (Å²) in [5.41, 5.74) is 2.40. The van der Waals surface area contributed by atoms with E-state index in [4.69, 9.17) is 26.1 Å². The molecule has 1 N–H and O–H groups in total. The van der Waals surface area contributed by atoms with Gasteiger partial charge in [0.05, 0.1) is 16.7 Å². The summed E-state index contributed by atoms with van der Waals surface area (Å²) in [6, 6.07) is 20.8. The van der Waals surface area contributed by atoms with Crippen molar-refractivity contribution in [2.45, 2.75) is 12.1 Å². The molecule has 0 amide bonds. The lowest BCUT2D eigenvalue weighted by atomic mass is 10.0. The van der Waals surface area contributed by atoms with Crippen molar-refractivity contribution in [3.8, 4) is 22.8 Å². The van der Waals surface area contributed by atoms with Gasteiger partial charge >= 0.3 is 0 Å². The maximum Gasteiger partial charge on any atom is 0.269 e. The van der Waals surface area contributed by atoms with Crippen LogP contribution < -0.4 is 19.7 Å². The molecule has 0 saturated carbocycles. The third-order valence-electron chi connectivity index (χ3n) is 6.01. The number of thiocarbonyl (C=S) groups is 1. The third-order valence-corrected chi connectivity index (χ3v) is 6.33. The highest BCUT2D eigenvalue weighted by atomic mass is 32.1. The summed E-state index contributed by atoms with van der Waals surface area (Å²) in [5, 5.41) is 14.9. The number of hydrogen-bond donors (Lipinski definition) is 1. The normalized spacial score (nSPS) is 18.5. The van der Waals surface area contributed by atoms with Crippen LogP contribution in [0, 0.1) is 10.1 Å². The number of hydrogen-bond acceptors (Lipinski definition) is 7. The molecular weight excluding hydrogens is 468 g/mol. The van der Waals surface area contributed by atoms with Gasteiger partial charge in [0.15, 0.2) is 16.6 Å². The predicted molar refractivity (Wildman–Crippen MR) is 131 cm³/mol. The average molecular weight is 487 g/mol. The molecule has 4 aromatic rings. The van der Waals surface area contributed by atoms with Crippen LogP contribution in [0.15, 0.2) is 83.4 Å². The van der Waals surface area contributed by atoms with Crippen LogP contribution in [-0.2, 0) is 0 Å². The highest BCUT2D eigenvalue weighted by Gasteiger charge is 2.43. The van der Waals surface area contributed by atoms with E-state index < -0.39 is 4.92 Å². The molecule has 2 atom stereocenters. The summed E-state index contributed by atoms with van der Waals surface area (Å²) in [7, 11) is 0. The number of fused-ring (bicyclic) bond motifs is 1. The van der Waals surface area contributed by atoms with E-state index in [-0.39, 0.29) is 24.6 Å². The lowest BCUT2D eigenvalue weighted by Gasteiger charge is -2.26. The highest BCUT2D eigenvalue weighted by molar-refractivity contribution is 7.80. The van der Waals surface area contributed by atoms with Crippen LogP contribution in [0.1, 0.15) is 23.5 Å². The third kappa shape index (κ3) is 3.73. The molecule has 1 fully saturated rings. The van der Waals surface area contributed by atoms with Crippen molar-refractivity contribution in [2.24, 2.45) is 0 Å². The fourth-order valence-corrected chi connectivity index (χ4v) is 4.72. The Hall–Kier alpha value is -4.44. The molecule has 2 aliphatic heterocycles. The Morgan fingerprint density at radius 3 is 2.63 bits per heavy atom. The second-order valence-electron chi connectivity index (χ2n) is 8.04. The van der Waals surface area contributed by atoms with Crippen LogP contribution in [0.5, 0.6) is 11.5 Å². The number of nitrogens with one attached hydrogen (secondary N) is 1. The number of nitro groups is 1. The van der Waals surface area contributed by atoms with Gasteiger partial charge in [0.2, 0.25) is 6.79 Å². The Morgan fingerprint density at radius 1 is 1.03 bits per heavy atom. The molecular formula is C25H18N4O5S. The van der Waals surface area contributed by atoms with Crippen molar-refractivity contribution in [3.05, 3.63) is 101 Å². The first kappa shape index (κ1) is 21.1. The van der Waals surface area contributed by atoms with E-state index in [2.05, 4.69) is 10.3 Å². The van der Waals surface area contributed by atoms with Gasteiger partial charge in [-0.2, -0.15) is 0 Å². The number of benzene rings is 2. The number of nitro benzene ring substituents is 1. The monoisotopic (exact) mass is 486 g/mol. The predicted octanol–water partition coefficient (Wildman–Crippen LogP) is 5.16. The van der Waals surface area contributed by atoms with Crippen LogP contribution in [-0.4, -0.2) is 21.8 Å². The van der Waals surface area contributed by atoms with Gasteiger partial charge in [0.1, 0.15) is 17.6 Å². The molecule has 10 heteroatoms. The van der Waals surface area contributed by atoms with Crippen molar-refractivity contribution in [1.29, 1.82) is 0 Å². The zero-order valence-corrected chi connectivity index (χ0v) is 19.0. The number of anilines is 1. The number of ether oxygens (including phenoxy) is 2. The summed E-state index contributed by atoms with van der Waals surface area (Å²) in [6.07, 6.45) is 1.74. The molecule has 4 heterocycles. The first-order valence-electron chi connectivity index (χ1n) is 10.8. The van der Waals surface area contributed by atoms with E-state index in [1.807, 2.05) is 53.4 Å². The highest BCUT2D eigenvalue weighted by Crippen LogP contribution is 2.45. The first-order chi connectivity index (χ1) is 17.1. The minimum absolute atomic E-state index is 0.0232. The maximum absolute atomic E-state index is 11.0. The molecule has 1 saturated heterocycles. The summed E-state index contributed by atoms with van der Waals surface area (Å²) in [6.45, 7) is 0.179. The minimum Gasteiger partial charge on any atom is -0.459 e. The Bertz CT molecular complexity index is 1420. The van der Waals surface area contributed by atoms with Crippen LogP contribution in [0.2, 0.25) is 0 Å². The molecule has 0 aliphatic carbocycles. The molecule has 2 aromatic heterocycles. The standard InChI is InChI=1S/C25H18N4O5S/c30-29(31)16-6-4-15(5-7-16)19-10-11-21(34-19)24-23(18-3-1-2-12-26-18)27-25(35)28(24)17-8-9-20-22(13-17)33-14-32-20/h1-13,23-24H,14H2,(H,27,35). The fraction of sp³-hybridized carbons (Fsp3) is 0.120. The zero-order valence-electron chi connectivity index (χ0n) is 18.2. The summed E-state index contributed by atoms with van der Waals surface area (Å²) in [4.78, 5) is 17.1. The van der Waals surface area contributed by atoms with Gasteiger partial charge in [-0.05, 0) is 60.7 Å². The Labute approximate surface area is 205 Å². The lowest BCUT2D eigenvalue weighted by Crippen LogP contribution is -2.29. The van der Waals surface area contributed by atoms with E-state index in [0.29, 0.717) is 28.1 Å². The Morgan fingerprint density at radius 2 is 1.86 bits per heavy atom. The fourth-order valence-electron chi connectivity index (χ4n) is 4.37. The molecule has 2 aromatic carbocycles. The van der Waals surface area contributed by atoms with E-state index in [1.54, 1.807) is 18.3 Å². The van der Waals surface area contributed by atoms with Crippen LogP contribution in [0.3, 0.4) is 0 Å². The minimum atomic E-state index is -0.427. The molecule has 0 bridgehead atoms. The van der Waals surface area contributed by atoms with Crippen molar-refractivity contribution in [3.63, 3.8) is 0 Å². The van der Waals surface area contributed by atoms with Crippen molar-refractivity contribution >= 4 is 28.7 Å². The molecule has 35 heavy (non-hydrogen) atoms. The molecule has 6 rings (SSSR count). The lowest BCUT2D eigenvalue weighted by molar-refractivity contribution is -0.384. The van der Waals surface area contributed by atoms with Gasteiger partial charge in [-0.25, -0.2) is 0 Å². The van der Waals surface area contributed by atoms with Crippen LogP contribution in [0.25, 0.3) is 11.3 Å². The molecule has 2 aliphatic rings. The van der Waals surface area contributed by atoms with Gasteiger partial charge in [-0.3, -0.25) is 15.1 Å². The number of non-ortho nitro benzene ring substituents is 1. The largest absolute Gasteiger partial charge is 0.459 e. The molecule has 9 nitrogen and oxygen atoms in total. The summed E-state index contributed by atoms with van der Waals surface area (Å²) < 4.78 is 17.3. The maximum atomic E-state index is 11.0. The van der Waals surface area contributed by atoms with E-state index in [9.17, 15) is 10.1 Å². The van der Waals surface area contributed by atoms with Crippen LogP contribution in [0.4, 0.5) is 11.4 Å². The first-order valence-corrected chi connectivity index (χ1v) is 11.2. The van der Waals surface area contributed by atoms with E-state index in [0.717, 1.165) is 16.9 Å². The van der Waals surface area contributed by atoms with Gasteiger partial charge in [-0.1, -0.05) is 6.07 Å². The zero-order chi connectivity index (χ0) is 23.9. The van der Waals surface area contributed by atoms with Gasteiger partial charge < -0.3 is 24.1 Å². The summed E-state index contributed by atoms with van der Waals surface area (Å²) in [5.74, 6) is 2.59. The van der Waals surface area contributed by atoms with E-state index >= 15 is 0 Å². The number of rotatable bonds is 5. The number of furan rings is 1. The molecule has 0 radical (unpaired) electrons. The molecule has 174 valence electrons. The smallest absolute Gasteiger partial charge is 0.269 e.